The Balaban J connectivity index is 2.56. The van der Waals surface area contributed by atoms with Crippen LogP contribution in [-0.2, 0) is 7.05 Å². The molecular weight excluding hydrogens is 232 g/mol. The number of aliphatic hydroxyl groups excluding tert-OH is 1. The second-order valence-corrected chi connectivity index (χ2v) is 5.25. The number of hydrogen-bond acceptors (Lipinski definition) is 4. The third-order valence-corrected chi connectivity index (χ3v) is 2.92. The van der Waals surface area contributed by atoms with Gasteiger partial charge >= 0.3 is 0 Å². The summed E-state index contributed by atoms with van der Waals surface area (Å²) < 4.78 is 1.46. The second kappa shape index (κ2) is 5.86. The number of carbonyl (C=O) groups excluding carboxylic acids is 1. The largest absolute Gasteiger partial charge is 0.396 e. The first kappa shape index (κ1) is 14.5. The van der Waals surface area contributed by atoms with Crippen LogP contribution in [0.3, 0.4) is 0 Å². The lowest BCUT2D eigenvalue weighted by Gasteiger charge is -2.24. The molecule has 0 fully saturated rings. The zero-order valence-corrected chi connectivity index (χ0v) is 11.2. The van der Waals surface area contributed by atoms with E-state index in [2.05, 4.69) is 24.3 Å². The maximum atomic E-state index is 12.0. The Bertz CT molecular complexity index is 393. The van der Waals surface area contributed by atoms with Gasteiger partial charge in [0.2, 0.25) is 0 Å². The topological polar surface area (TPSA) is 93.2 Å². The van der Waals surface area contributed by atoms with Crippen molar-refractivity contribution in [2.75, 3.05) is 18.9 Å². The molecular formula is C12H22N4O2. The van der Waals surface area contributed by atoms with Crippen molar-refractivity contribution in [1.29, 1.82) is 0 Å². The lowest BCUT2D eigenvalue weighted by molar-refractivity contribution is 0.0924. The third kappa shape index (κ3) is 3.73. The van der Waals surface area contributed by atoms with E-state index >= 15 is 0 Å². The van der Waals surface area contributed by atoms with Crippen LogP contribution >= 0.6 is 0 Å². The number of aromatic nitrogens is 2. The predicted octanol–water partition coefficient (Wildman–Crippen LogP) is 0.531. The van der Waals surface area contributed by atoms with Crippen molar-refractivity contribution in [2.24, 2.45) is 12.5 Å². The van der Waals surface area contributed by atoms with Crippen LogP contribution in [0, 0.1) is 5.41 Å². The van der Waals surface area contributed by atoms with Crippen LogP contribution in [0.5, 0.6) is 0 Å². The highest BCUT2D eigenvalue weighted by atomic mass is 16.2. The lowest BCUT2D eigenvalue weighted by atomic mass is 9.88. The number of nitrogens with one attached hydrogen (secondary N) is 1. The molecule has 0 bridgehead atoms. The second-order valence-electron chi connectivity index (χ2n) is 5.25. The third-order valence-electron chi connectivity index (χ3n) is 2.92. The monoisotopic (exact) mass is 254 g/mol. The average molecular weight is 254 g/mol. The lowest BCUT2D eigenvalue weighted by Crippen LogP contribution is -2.35. The Morgan fingerprint density at radius 1 is 1.61 bits per heavy atom. The molecule has 6 heteroatoms. The molecule has 0 saturated carbocycles. The minimum Gasteiger partial charge on any atom is -0.396 e. The van der Waals surface area contributed by atoms with Crippen molar-refractivity contribution < 1.29 is 9.90 Å². The van der Waals surface area contributed by atoms with Crippen LogP contribution in [0.1, 0.15) is 37.2 Å². The zero-order chi connectivity index (χ0) is 13.8. The van der Waals surface area contributed by atoms with Gasteiger partial charge in [0.25, 0.3) is 5.91 Å². The molecule has 1 aromatic rings. The van der Waals surface area contributed by atoms with Gasteiger partial charge in [0.1, 0.15) is 5.69 Å². The Kier molecular flexibility index (Phi) is 4.72. The van der Waals surface area contributed by atoms with Gasteiger partial charge in [-0.3, -0.25) is 9.48 Å². The first-order valence-electron chi connectivity index (χ1n) is 6.04. The van der Waals surface area contributed by atoms with Gasteiger partial charge in [0.15, 0.2) is 0 Å². The van der Waals surface area contributed by atoms with Gasteiger partial charge < -0.3 is 16.2 Å². The van der Waals surface area contributed by atoms with Crippen LogP contribution < -0.4 is 11.1 Å². The first-order chi connectivity index (χ1) is 8.37. The highest BCUT2D eigenvalue weighted by molar-refractivity contribution is 5.97. The van der Waals surface area contributed by atoms with Gasteiger partial charge in [-0.1, -0.05) is 13.8 Å². The maximum absolute atomic E-state index is 12.0. The maximum Gasteiger partial charge on any atom is 0.271 e. The van der Waals surface area contributed by atoms with Crippen molar-refractivity contribution in [3.63, 3.8) is 0 Å². The van der Waals surface area contributed by atoms with Crippen molar-refractivity contribution in [1.82, 2.24) is 15.1 Å². The van der Waals surface area contributed by atoms with Crippen LogP contribution in [0.25, 0.3) is 0 Å². The molecule has 1 aromatic heterocycles. The Labute approximate surface area is 107 Å². The molecule has 0 spiro atoms. The van der Waals surface area contributed by atoms with Crippen LogP contribution in [-0.4, -0.2) is 33.9 Å². The highest BCUT2D eigenvalue weighted by Crippen LogP contribution is 2.21. The van der Waals surface area contributed by atoms with E-state index in [1.54, 1.807) is 7.05 Å². The fourth-order valence-corrected chi connectivity index (χ4v) is 1.78. The molecule has 0 unspecified atom stereocenters. The molecule has 6 nitrogen and oxygen atoms in total. The fourth-order valence-electron chi connectivity index (χ4n) is 1.78. The molecule has 0 aromatic carbocycles. The van der Waals surface area contributed by atoms with E-state index in [1.165, 1.54) is 10.9 Å². The number of hydrogen-bond donors (Lipinski definition) is 3. The molecule has 1 heterocycles. The van der Waals surface area contributed by atoms with E-state index in [0.717, 1.165) is 12.8 Å². The Morgan fingerprint density at radius 3 is 2.78 bits per heavy atom. The van der Waals surface area contributed by atoms with Gasteiger partial charge in [-0.25, -0.2) is 0 Å². The number of aryl methyl sites for hydroxylation is 1. The van der Waals surface area contributed by atoms with E-state index in [1.807, 2.05) is 0 Å². The van der Waals surface area contributed by atoms with Gasteiger partial charge in [-0.2, -0.15) is 5.10 Å². The molecule has 1 amide bonds. The number of aliphatic hydroxyl groups is 1. The highest BCUT2D eigenvalue weighted by Gasteiger charge is 2.21. The first-order valence-corrected chi connectivity index (χ1v) is 6.04. The summed E-state index contributed by atoms with van der Waals surface area (Å²) in [6, 6.07) is 0. The van der Waals surface area contributed by atoms with Gasteiger partial charge in [-0.05, 0) is 18.3 Å². The normalized spacial score (nSPS) is 11.6. The minimum atomic E-state index is -0.218. The Morgan fingerprint density at radius 2 is 2.28 bits per heavy atom. The number of rotatable bonds is 6. The van der Waals surface area contributed by atoms with E-state index in [0.29, 0.717) is 17.9 Å². The zero-order valence-electron chi connectivity index (χ0n) is 11.2. The number of nitrogens with two attached hydrogens (primary N) is 1. The summed E-state index contributed by atoms with van der Waals surface area (Å²) in [6.07, 6.45) is 3.05. The van der Waals surface area contributed by atoms with Crippen LogP contribution in [0.15, 0.2) is 6.20 Å². The number of nitrogens with zero attached hydrogens (tertiary/aromatic N) is 2. The molecule has 0 aliphatic carbocycles. The quantitative estimate of drug-likeness (QED) is 0.690. The number of carbonyl (C=O) groups is 1. The predicted molar refractivity (Wildman–Crippen MR) is 70.1 cm³/mol. The van der Waals surface area contributed by atoms with Gasteiger partial charge in [-0.15, -0.1) is 0 Å². The van der Waals surface area contributed by atoms with E-state index in [-0.39, 0.29) is 17.9 Å². The summed E-state index contributed by atoms with van der Waals surface area (Å²) in [5, 5.41) is 15.6. The molecule has 0 saturated heterocycles. The van der Waals surface area contributed by atoms with Gasteiger partial charge in [0, 0.05) is 20.2 Å². The number of anilines is 1. The molecule has 0 aliphatic heterocycles. The minimum absolute atomic E-state index is 0.0499. The van der Waals surface area contributed by atoms with Crippen LogP contribution in [0.4, 0.5) is 5.69 Å². The smallest absolute Gasteiger partial charge is 0.271 e. The summed E-state index contributed by atoms with van der Waals surface area (Å²) in [6.45, 7) is 4.81. The molecule has 102 valence electrons. The summed E-state index contributed by atoms with van der Waals surface area (Å²) in [5.74, 6) is -0.218. The average Bonchev–Trinajstić information content (AvgIpc) is 2.64. The standard InChI is InChI=1S/C12H22N4O2/c1-12(2,5-4-6-17)8-14-11(18)10-9(13)7-15-16(10)3/h7,17H,4-6,8,13H2,1-3H3,(H,14,18). The molecule has 0 radical (unpaired) electrons. The number of amides is 1. The van der Waals surface area contributed by atoms with Crippen molar-refractivity contribution >= 4 is 11.6 Å². The summed E-state index contributed by atoms with van der Waals surface area (Å²) in [4.78, 5) is 12.0. The van der Waals surface area contributed by atoms with Crippen molar-refractivity contribution in [2.45, 2.75) is 26.7 Å². The van der Waals surface area contributed by atoms with E-state index < -0.39 is 0 Å². The molecule has 1 rings (SSSR count). The van der Waals surface area contributed by atoms with E-state index in [9.17, 15) is 4.79 Å². The molecule has 18 heavy (non-hydrogen) atoms. The van der Waals surface area contributed by atoms with E-state index in [4.69, 9.17) is 10.8 Å². The van der Waals surface area contributed by atoms with Crippen LogP contribution in [0.2, 0.25) is 0 Å². The summed E-state index contributed by atoms with van der Waals surface area (Å²) >= 11 is 0. The van der Waals surface area contributed by atoms with Crippen molar-refractivity contribution in [3.05, 3.63) is 11.9 Å². The molecule has 0 atom stereocenters. The summed E-state index contributed by atoms with van der Waals surface area (Å²) in [5.41, 5.74) is 6.40. The Hall–Kier alpha value is -1.56. The number of nitrogen functional groups attached to an aromatic ring is 1. The van der Waals surface area contributed by atoms with Crippen molar-refractivity contribution in [3.8, 4) is 0 Å². The SMILES string of the molecule is Cn1ncc(N)c1C(=O)NCC(C)(C)CCCO. The molecule has 4 N–H and O–H groups in total. The fraction of sp³-hybridized carbons (Fsp3) is 0.667. The summed E-state index contributed by atoms with van der Waals surface area (Å²) in [7, 11) is 1.68. The van der Waals surface area contributed by atoms with Gasteiger partial charge in [0.05, 0.1) is 11.9 Å². The molecule has 0 aliphatic rings.